The van der Waals surface area contributed by atoms with E-state index >= 15 is 0 Å². The summed E-state index contributed by atoms with van der Waals surface area (Å²) in [7, 11) is 0. The minimum absolute atomic E-state index is 0.0656. The Hall–Kier alpha value is -2.95. The standard InChI is InChI=1S/C27H25ClN2O2/c28-21-10-12-22(13-11-21)30-18-16-29(17-19-30)15-14-27(20-6-2-1-3-7-20)25(31)23-8-4-5-9-24(23)26(27)32/h1-13H,14-19H2. The van der Waals surface area contributed by atoms with Gasteiger partial charge in [-0.05, 0) is 36.2 Å². The van der Waals surface area contributed by atoms with Crippen molar-refractivity contribution in [2.45, 2.75) is 11.8 Å². The number of piperazine rings is 1. The molecular formula is C27H25ClN2O2. The highest BCUT2D eigenvalue weighted by Gasteiger charge is 2.53. The Balaban J connectivity index is 1.34. The first-order valence-electron chi connectivity index (χ1n) is 11.1. The summed E-state index contributed by atoms with van der Waals surface area (Å²) in [6.45, 7) is 4.30. The third-order valence-corrected chi connectivity index (χ3v) is 7.08. The number of carbonyl (C=O) groups is 2. The second-order valence-electron chi connectivity index (χ2n) is 8.53. The quantitative estimate of drug-likeness (QED) is 0.526. The summed E-state index contributed by atoms with van der Waals surface area (Å²) in [5.74, 6) is -0.131. The van der Waals surface area contributed by atoms with Gasteiger partial charge in [-0.2, -0.15) is 0 Å². The fourth-order valence-corrected chi connectivity index (χ4v) is 5.13. The number of hydrogen-bond acceptors (Lipinski definition) is 4. The van der Waals surface area contributed by atoms with Crippen LogP contribution >= 0.6 is 11.6 Å². The van der Waals surface area contributed by atoms with Crippen molar-refractivity contribution in [3.63, 3.8) is 0 Å². The Morgan fingerprint density at radius 1 is 0.719 bits per heavy atom. The van der Waals surface area contributed by atoms with Crippen molar-refractivity contribution in [3.8, 4) is 0 Å². The molecule has 5 heteroatoms. The molecule has 2 aliphatic rings. The Kier molecular flexibility index (Phi) is 5.58. The lowest BCUT2D eigenvalue weighted by atomic mass is 9.73. The van der Waals surface area contributed by atoms with Crippen molar-refractivity contribution in [2.75, 3.05) is 37.6 Å². The van der Waals surface area contributed by atoms with Crippen molar-refractivity contribution in [1.29, 1.82) is 0 Å². The van der Waals surface area contributed by atoms with Crippen molar-refractivity contribution in [3.05, 3.63) is 101 Å². The topological polar surface area (TPSA) is 40.6 Å². The van der Waals surface area contributed by atoms with Gasteiger partial charge in [0.1, 0.15) is 5.41 Å². The fraction of sp³-hybridized carbons (Fsp3) is 0.259. The number of ketones is 2. The summed E-state index contributed by atoms with van der Waals surface area (Å²) in [6.07, 6.45) is 0.490. The van der Waals surface area contributed by atoms with Gasteiger partial charge in [0.15, 0.2) is 11.6 Å². The molecule has 32 heavy (non-hydrogen) atoms. The van der Waals surface area contributed by atoms with Crippen LogP contribution in [0.5, 0.6) is 0 Å². The van der Waals surface area contributed by atoms with E-state index in [1.54, 1.807) is 12.1 Å². The number of rotatable bonds is 5. The van der Waals surface area contributed by atoms with Crippen LogP contribution in [0.1, 0.15) is 32.7 Å². The lowest BCUT2D eigenvalue weighted by Gasteiger charge is -2.37. The van der Waals surface area contributed by atoms with Gasteiger partial charge in [-0.25, -0.2) is 0 Å². The number of fused-ring (bicyclic) bond motifs is 1. The van der Waals surface area contributed by atoms with E-state index in [0.717, 1.165) is 36.8 Å². The van der Waals surface area contributed by atoms with E-state index in [1.807, 2.05) is 54.6 Å². The van der Waals surface area contributed by atoms with Gasteiger partial charge in [-0.1, -0.05) is 66.2 Å². The minimum atomic E-state index is -1.13. The first-order chi connectivity index (χ1) is 15.6. The van der Waals surface area contributed by atoms with E-state index in [4.69, 9.17) is 11.6 Å². The van der Waals surface area contributed by atoms with Crippen molar-refractivity contribution in [1.82, 2.24) is 4.90 Å². The summed E-state index contributed by atoms with van der Waals surface area (Å²) < 4.78 is 0. The molecule has 0 aromatic heterocycles. The maximum absolute atomic E-state index is 13.6. The first kappa shape index (κ1) is 20.9. The average molecular weight is 445 g/mol. The lowest BCUT2D eigenvalue weighted by Crippen LogP contribution is -2.49. The zero-order valence-corrected chi connectivity index (χ0v) is 18.6. The molecule has 0 bridgehead atoms. The molecule has 0 saturated carbocycles. The number of halogens is 1. The number of nitrogens with zero attached hydrogens (tertiary/aromatic N) is 2. The van der Waals surface area contributed by atoms with Crippen LogP contribution in [0.4, 0.5) is 5.69 Å². The molecule has 1 heterocycles. The van der Waals surface area contributed by atoms with Crippen LogP contribution in [0.2, 0.25) is 5.02 Å². The summed E-state index contributed by atoms with van der Waals surface area (Å²) in [5, 5.41) is 0.741. The summed E-state index contributed by atoms with van der Waals surface area (Å²) in [5.41, 5.74) is 1.94. The van der Waals surface area contributed by atoms with E-state index in [-0.39, 0.29) is 11.6 Å². The molecule has 1 aliphatic heterocycles. The molecule has 0 unspecified atom stereocenters. The fourth-order valence-electron chi connectivity index (χ4n) is 5.01. The Morgan fingerprint density at radius 3 is 1.88 bits per heavy atom. The number of Topliss-reactive ketones (excluding diaryl/α,β-unsaturated/α-hetero) is 2. The number of anilines is 1. The van der Waals surface area contributed by atoms with Crippen LogP contribution in [0.25, 0.3) is 0 Å². The first-order valence-corrected chi connectivity index (χ1v) is 11.4. The number of benzene rings is 3. The molecule has 1 fully saturated rings. The SMILES string of the molecule is O=C1c2ccccc2C(=O)C1(CCN1CCN(c2ccc(Cl)cc2)CC1)c1ccccc1. The maximum atomic E-state index is 13.6. The van der Waals surface area contributed by atoms with Gasteiger partial charge in [0.25, 0.3) is 0 Å². The van der Waals surface area contributed by atoms with Gasteiger partial charge in [-0.3, -0.25) is 14.5 Å². The van der Waals surface area contributed by atoms with Crippen LogP contribution in [-0.4, -0.2) is 49.2 Å². The van der Waals surface area contributed by atoms with Gasteiger partial charge in [0.2, 0.25) is 0 Å². The van der Waals surface area contributed by atoms with Crippen LogP contribution in [0, 0.1) is 0 Å². The molecule has 0 spiro atoms. The van der Waals surface area contributed by atoms with Crippen molar-refractivity contribution < 1.29 is 9.59 Å². The van der Waals surface area contributed by atoms with Crippen LogP contribution < -0.4 is 4.90 Å². The number of carbonyl (C=O) groups excluding carboxylic acids is 2. The van der Waals surface area contributed by atoms with Gasteiger partial charge < -0.3 is 4.90 Å². The molecule has 1 aliphatic carbocycles. The summed E-state index contributed by atoms with van der Waals surface area (Å²) >= 11 is 6.02. The van der Waals surface area contributed by atoms with Gasteiger partial charge in [0, 0.05) is 54.6 Å². The third-order valence-electron chi connectivity index (χ3n) is 6.83. The number of hydrogen-bond donors (Lipinski definition) is 0. The van der Waals surface area contributed by atoms with E-state index in [2.05, 4.69) is 21.9 Å². The average Bonchev–Trinajstić information content (AvgIpc) is 3.07. The summed E-state index contributed by atoms with van der Waals surface area (Å²) in [4.78, 5) is 31.9. The highest BCUT2D eigenvalue weighted by atomic mass is 35.5. The molecule has 0 amide bonds. The highest BCUT2D eigenvalue weighted by Crippen LogP contribution is 2.42. The minimum Gasteiger partial charge on any atom is -0.369 e. The van der Waals surface area contributed by atoms with E-state index in [0.29, 0.717) is 24.1 Å². The highest BCUT2D eigenvalue weighted by molar-refractivity contribution is 6.33. The van der Waals surface area contributed by atoms with Crippen molar-refractivity contribution in [2.24, 2.45) is 0 Å². The molecule has 162 valence electrons. The molecule has 3 aromatic carbocycles. The second-order valence-corrected chi connectivity index (χ2v) is 8.97. The second kappa shape index (κ2) is 8.53. The maximum Gasteiger partial charge on any atom is 0.181 e. The van der Waals surface area contributed by atoms with E-state index in [1.165, 1.54) is 5.69 Å². The Bertz CT molecular complexity index is 1100. The van der Waals surface area contributed by atoms with Crippen LogP contribution in [0.15, 0.2) is 78.9 Å². The molecule has 0 N–H and O–H groups in total. The molecule has 0 radical (unpaired) electrons. The monoisotopic (exact) mass is 444 g/mol. The zero-order valence-electron chi connectivity index (χ0n) is 17.8. The van der Waals surface area contributed by atoms with Crippen LogP contribution in [-0.2, 0) is 5.41 Å². The zero-order chi connectivity index (χ0) is 22.1. The predicted octanol–water partition coefficient (Wildman–Crippen LogP) is 4.87. The van der Waals surface area contributed by atoms with E-state index in [9.17, 15) is 9.59 Å². The largest absolute Gasteiger partial charge is 0.369 e. The molecule has 4 nitrogen and oxygen atoms in total. The van der Waals surface area contributed by atoms with Gasteiger partial charge in [0.05, 0.1) is 0 Å². The van der Waals surface area contributed by atoms with Crippen molar-refractivity contribution >= 4 is 28.9 Å². The third kappa shape index (κ3) is 3.54. The molecular weight excluding hydrogens is 420 g/mol. The van der Waals surface area contributed by atoms with Crippen LogP contribution in [0.3, 0.4) is 0 Å². The predicted molar refractivity (Wildman–Crippen MR) is 128 cm³/mol. The smallest absolute Gasteiger partial charge is 0.181 e. The van der Waals surface area contributed by atoms with E-state index < -0.39 is 5.41 Å². The van der Waals surface area contributed by atoms with Gasteiger partial charge >= 0.3 is 0 Å². The molecule has 1 saturated heterocycles. The molecule has 0 atom stereocenters. The Labute approximate surface area is 193 Å². The lowest BCUT2D eigenvalue weighted by molar-refractivity contribution is 0.0767. The Morgan fingerprint density at radius 2 is 1.28 bits per heavy atom. The summed E-state index contributed by atoms with van der Waals surface area (Å²) in [6, 6.07) is 24.7. The molecule has 5 rings (SSSR count). The normalized spacial score (nSPS) is 18.1. The van der Waals surface area contributed by atoms with Gasteiger partial charge in [-0.15, -0.1) is 0 Å². The molecule has 3 aromatic rings.